The fraction of sp³-hybridized carbons (Fsp3) is 0.519. The number of nitrogens with one attached hydrogen (secondary N) is 1. The number of aliphatic hydroxyl groups is 1. The van der Waals surface area contributed by atoms with Gasteiger partial charge in [0.1, 0.15) is 6.10 Å². The van der Waals surface area contributed by atoms with Gasteiger partial charge in [-0.05, 0) is 48.6 Å². The van der Waals surface area contributed by atoms with Crippen molar-refractivity contribution in [1.82, 2.24) is 9.62 Å². The molecule has 2 fully saturated rings. The van der Waals surface area contributed by atoms with E-state index < -0.39 is 34.4 Å². The summed E-state index contributed by atoms with van der Waals surface area (Å²) in [4.78, 5) is 13.0. The minimum atomic E-state index is -3.93. The molecule has 2 aromatic rings. The predicted octanol–water partition coefficient (Wildman–Crippen LogP) is 2.38. The molecular formula is C27H37N3O7S. The zero-order chi connectivity index (χ0) is 27.3. The Morgan fingerprint density at radius 3 is 2.53 bits per heavy atom. The Hall–Kier alpha value is -2.70. The molecule has 2 aliphatic rings. The monoisotopic (exact) mass is 547 g/mol. The quantitative estimate of drug-likeness (QED) is 0.364. The first kappa shape index (κ1) is 28.3. The molecule has 4 rings (SSSR count). The normalized spacial score (nSPS) is 22.8. The number of rotatable bonds is 11. The summed E-state index contributed by atoms with van der Waals surface area (Å²) in [5.74, 6) is -0.0231. The van der Waals surface area contributed by atoms with Gasteiger partial charge in [-0.3, -0.25) is 0 Å². The number of anilines is 1. The van der Waals surface area contributed by atoms with Gasteiger partial charge in [-0.2, -0.15) is 4.31 Å². The second-order valence-electron chi connectivity index (χ2n) is 10.3. The molecule has 2 aliphatic heterocycles. The molecule has 4 N–H and O–H groups in total. The number of aliphatic hydroxyl groups excluding tert-OH is 1. The molecular weight excluding hydrogens is 510 g/mol. The third-order valence-corrected chi connectivity index (χ3v) is 8.63. The fourth-order valence-corrected chi connectivity index (χ4v) is 6.45. The average Bonchev–Trinajstić information content (AvgIpc) is 3.49. The lowest BCUT2D eigenvalue weighted by atomic mass is 10.0. The molecule has 0 bridgehead atoms. The first-order valence-corrected chi connectivity index (χ1v) is 14.4. The van der Waals surface area contributed by atoms with Gasteiger partial charge in [0.05, 0.1) is 36.2 Å². The molecule has 2 aromatic carbocycles. The summed E-state index contributed by atoms with van der Waals surface area (Å²) in [5, 5.41) is 14.1. The Morgan fingerprint density at radius 2 is 1.84 bits per heavy atom. The topological polar surface area (TPSA) is 140 Å². The maximum absolute atomic E-state index is 13.5. The Kier molecular flexibility index (Phi) is 9.27. The van der Waals surface area contributed by atoms with Crippen LogP contribution in [0.3, 0.4) is 0 Å². The van der Waals surface area contributed by atoms with Crippen LogP contribution >= 0.6 is 0 Å². The van der Waals surface area contributed by atoms with Gasteiger partial charge in [0.2, 0.25) is 10.0 Å². The number of carbonyl (C=O) groups excluding carboxylic acids is 1. The van der Waals surface area contributed by atoms with E-state index in [9.17, 15) is 18.3 Å². The lowest BCUT2D eigenvalue weighted by molar-refractivity contribution is -0.0907. The van der Waals surface area contributed by atoms with Crippen LogP contribution in [-0.2, 0) is 30.7 Å². The van der Waals surface area contributed by atoms with Gasteiger partial charge in [-0.25, -0.2) is 13.2 Å². The number of alkyl carbamates (subject to hydrolysis) is 1. The number of nitrogens with zero attached hydrogens (tertiary/aromatic N) is 1. The van der Waals surface area contributed by atoms with Crippen molar-refractivity contribution in [3.8, 4) is 0 Å². The maximum Gasteiger partial charge on any atom is 0.407 e. The molecule has 38 heavy (non-hydrogen) atoms. The van der Waals surface area contributed by atoms with E-state index in [0.29, 0.717) is 12.3 Å². The van der Waals surface area contributed by atoms with E-state index in [-0.39, 0.29) is 49.1 Å². The van der Waals surface area contributed by atoms with Crippen LogP contribution in [0.15, 0.2) is 59.5 Å². The number of fused-ring (bicyclic) bond motifs is 1. The van der Waals surface area contributed by atoms with Gasteiger partial charge in [0.25, 0.3) is 0 Å². The first-order chi connectivity index (χ1) is 18.1. The van der Waals surface area contributed by atoms with Crippen molar-refractivity contribution >= 4 is 21.8 Å². The van der Waals surface area contributed by atoms with Crippen LogP contribution < -0.4 is 11.1 Å². The zero-order valence-electron chi connectivity index (χ0n) is 21.7. The summed E-state index contributed by atoms with van der Waals surface area (Å²) in [5.41, 5.74) is 7.07. The summed E-state index contributed by atoms with van der Waals surface area (Å²) in [6, 6.07) is 14.5. The van der Waals surface area contributed by atoms with E-state index in [2.05, 4.69) is 5.32 Å². The maximum atomic E-state index is 13.5. The fourth-order valence-electron chi connectivity index (χ4n) is 4.82. The van der Waals surface area contributed by atoms with Crippen molar-refractivity contribution in [1.29, 1.82) is 0 Å². The van der Waals surface area contributed by atoms with Gasteiger partial charge < -0.3 is 30.4 Å². The highest BCUT2D eigenvalue weighted by atomic mass is 32.2. The third-order valence-electron chi connectivity index (χ3n) is 6.79. The molecule has 11 heteroatoms. The van der Waals surface area contributed by atoms with Crippen LogP contribution in [0.25, 0.3) is 0 Å². The van der Waals surface area contributed by atoms with Crippen molar-refractivity contribution < 1.29 is 32.5 Å². The van der Waals surface area contributed by atoms with Crippen LogP contribution in [0.5, 0.6) is 0 Å². The van der Waals surface area contributed by atoms with Gasteiger partial charge in [0, 0.05) is 18.8 Å². The molecule has 10 nitrogen and oxygen atoms in total. The minimum absolute atomic E-state index is 0.000183. The molecule has 0 aliphatic carbocycles. The third kappa shape index (κ3) is 7.03. The van der Waals surface area contributed by atoms with Crippen molar-refractivity contribution in [3.05, 3.63) is 60.2 Å². The summed E-state index contributed by atoms with van der Waals surface area (Å²) in [6.07, 6.45) is -1.69. The largest absolute Gasteiger partial charge is 0.443 e. The molecule has 5 atom stereocenters. The molecule has 2 heterocycles. The highest BCUT2D eigenvalue weighted by Crippen LogP contribution is 2.33. The number of ether oxygens (including phenoxy) is 3. The number of nitrogens with two attached hydrogens (primary N) is 1. The number of nitrogen functional groups attached to an aromatic ring is 1. The summed E-state index contributed by atoms with van der Waals surface area (Å²) < 4.78 is 44.9. The van der Waals surface area contributed by atoms with E-state index in [1.807, 2.05) is 44.2 Å². The van der Waals surface area contributed by atoms with Crippen LogP contribution in [0.1, 0.15) is 25.8 Å². The molecule has 208 valence electrons. The second kappa shape index (κ2) is 12.4. The highest BCUT2D eigenvalue weighted by molar-refractivity contribution is 7.89. The highest BCUT2D eigenvalue weighted by Gasteiger charge is 2.44. The molecule has 0 radical (unpaired) electrons. The van der Waals surface area contributed by atoms with E-state index >= 15 is 0 Å². The standard InChI is InChI=1S/C27H37N3O7S/c1-18(2)15-30(38(33,34)21-10-8-20(28)9-11-21)16-24(31)23(14-19-6-4-3-5-7-19)29-27(32)37-25-17-36-26-22(25)12-13-35-26/h3-11,18,22-26,31H,12-17,28H2,1-2H3,(H,29,32)/t22-,23-,24+,25+,26+/m1/s1. The molecule has 0 aromatic heterocycles. The van der Waals surface area contributed by atoms with E-state index in [4.69, 9.17) is 19.9 Å². The van der Waals surface area contributed by atoms with E-state index in [0.717, 1.165) is 12.0 Å². The van der Waals surface area contributed by atoms with Gasteiger partial charge in [-0.15, -0.1) is 0 Å². The lowest BCUT2D eigenvalue weighted by Gasteiger charge is -2.31. The average molecular weight is 548 g/mol. The van der Waals surface area contributed by atoms with Crippen molar-refractivity contribution in [2.75, 3.05) is 32.0 Å². The number of amides is 1. The second-order valence-corrected chi connectivity index (χ2v) is 12.2. The Balaban J connectivity index is 1.51. The first-order valence-electron chi connectivity index (χ1n) is 12.9. The van der Waals surface area contributed by atoms with Crippen LogP contribution in [0, 0.1) is 11.8 Å². The summed E-state index contributed by atoms with van der Waals surface area (Å²) in [7, 11) is -3.93. The van der Waals surface area contributed by atoms with E-state index in [1.54, 1.807) is 0 Å². The van der Waals surface area contributed by atoms with Gasteiger partial charge in [0.15, 0.2) is 6.29 Å². The minimum Gasteiger partial charge on any atom is -0.443 e. The molecule has 1 amide bonds. The Labute approximate surface area is 224 Å². The van der Waals surface area contributed by atoms with E-state index in [1.165, 1.54) is 28.6 Å². The predicted molar refractivity (Wildman–Crippen MR) is 142 cm³/mol. The van der Waals surface area contributed by atoms with Gasteiger partial charge >= 0.3 is 6.09 Å². The Bertz CT molecular complexity index is 1160. The number of benzene rings is 2. The summed E-state index contributed by atoms with van der Waals surface area (Å²) >= 11 is 0. The van der Waals surface area contributed by atoms with Crippen molar-refractivity contribution in [3.63, 3.8) is 0 Å². The van der Waals surface area contributed by atoms with Crippen LogP contribution in [0.2, 0.25) is 0 Å². The van der Waals surface area contributed by atoms with Crippen LogP contribution in [0.4, 0.5) is 10.5 Å². The smallest absolute Gasteiger partial charge is 0.407 e. The van der Waals surface area contributed by atoms with Crippen LogP contribution in [-0.4, -0.2) is 74.8 Å². The number of hydrogen-bond acceptors (Lipinski definition) is 8. The SMILES string of the molecule is CC(C)CN(C[C@H](O)[C@@H](Cc1ccccc1)NC(=O)O[C@H]1CO[C@@H]2OCC[C@@H]21)S(=O)(=O)c1ccc(N)cc1. The van der Waals surface area contributed by atoms with Crippen molar-refractivity contribution in [2.24, 2.45) is 11.8 Å². The summed E-state index contributed by atoms with van der Waals surface area (Å²) in [6.45, 7) is 4.58. The molecule has 0 spiro atoms. The number of carbonyl (C=O) groups is 1. The number of hydrogen-bond donors (Lipinski definition) is 3. The van der Waals surface area contributed by atoms with Gasteiger partial charge in [-0.1, -0.05) is 44.2 Å². The molecule has 2 saturated heterocycles. The zero-order valence-corrected chi connectivity index (χ0v) is 22.5. The molecule has 0 unspecified atom stereocenters. The van der Waals surface area contributed by atoms with Crippen molar-refractivity contribution in [2.45, 2.75) is 56.1 Å². The Morgan fingerprint density at radius 1 is 1.13 bits per heavy atom. The molecule has 0 saturated carbocycles. The number of sulfonamides is 1. The lowest BCUT2D eigenvalue weighted by Crippen LogP contribution is -2.51.